The zero-order chi connectivity index (χ0) is 29.3. The van der Waals surface area contributed by atoms with E-state index in [4.69, 9.17) is 23.7 Å². The van der Waals surface area contributed by atoms with E-state index in [0.29, 0.717) is 11.0 Å². The van der Waals surface area contributed by atoms with Crippen LogP contribution in [-0.4, -0.2) is 51.9 Å². The van der Waals surface area contributed by atoms with Gasteiger partial charge in [-0.1, -0.05) is 72.1 Å². The van der Waals surface area contributed by atoms with Crippen molar-refractivity contribution in [2.45, 2.75) is 116 Å². The average Bonchev–Trinajstić information content (AvgIpc) is 3.42. The Kier molecular flexibility index (Phi) is 11.3. The number of fused-ring (bicyclic) bond motifs is 1. The van der Waals surface area contributed by atoms with Crippen molar-refractivity contribution in [1.82, 2.24) is 9.13 Å². The number of carbonyl (C=O) groups is 3. The quantitative estimate of drug-likeness (QED) is 0.164. The second kappa shape index (κ2) is 14.4. The van der Waals surface area contributed by atoms with Crippen LogP contribution in [-0.2, 0) is 40.0 Å². The summed E-state index contributed by atoms with van der Waals surface area (Å²) in [5.74, 6) is -4.63. The van der Waals surface area contributed by atoms with Crippen LogP contribution in [0.5, 0.6) is 0 Å². The van der Waals surface area contributed by atoms with Crippen molar-refractivity contribution >= 4 is 18.1 Å². The van der Waals surface area contributed by atoms with Crippen LogP contribution in [0.2, 0.25) is 0 Å². The largest absolute Gasteiger partial charge is 0.509 e. The molecule has 0 unspecified atom stereocenters. The number of rotatable bonds is 16. The fourth-order valence-corrected chi connectivity index (χ4v) is 4.55. The summed E-state index contributed by atoms with van der Waals surface area (Å²) in [7, 11) is 0. The summed E-state index contributed by atoms with van der Waals surface area (Å²) >= 11 is 0. The Morgan fingerprint density at radius 1 is 1.00 bits per heavy atom. The van der Waals surface area contributed by atoms with E-state index in [1.165, 1.54) is 32.1 Å². The molecule has 1 aromatic heterocycles. The van der Waals surface area contributed by atoms with Gasteiger partial charge in [-0.2, -0.15) is 0 Å². The molecule has 2 saturated heterocycles. The number of ether oxygens (including phenoxy) is 5. The van der Waals surface area contributed by atoms with E-state index < -0.39 is 72.9 Å². The van der Waals surface area contributed by atoms with Crippen LogP contribution in [0.3, 0.4) is 0 Å². The standard InChI is InChI=1S/C27H39FN2O10/c1-4-5-6-7-8-9-10-11-12-13-20(32)37-17-30-19(31)14-15-29(25(30)34)23-21-22(39-26(35)38-21)27(28,40-23)16-36-24(33)18(2)3/h14-15,18,21-23H,4-13,16-17H2,1-3H3/t21-,22+,23-,27-/m1/s1. The lowest BCUT2D eigenvalue weighted by molar-refractivity contribution is -0.220. The van der Waals surface area contributed by atoms with Crippen LogP contribution < -0.4 is 11.2 Å². The number of carbonyl (C=O) groups excluding carboxylic acids is 3. The first kappa shape index (κ1) is 31.3. The highest BCUT2D eigenvalue weighted by molar-refractivity contribution is 5.71. The second-order valence-electron chi connectivity index (χ2n) is 10.4. The molecule has 0 N–H and O–H groups in total. The highest BCUT2D eigenvalue weighted by atomic mass is 19.2. The Bertz CT molecular complexity index is 1150. The summed E-state index contributed by atoms with van der Waals surface area (Å²) in [5.41, 5.74) is -1.75. The number of aromatic nitrogens is 2. The average molecular weight is 571 g/mol. The van der Waals surface area contributed by atoms with Crippen LogP contribution >= 0.6 is 0 Å². The Labute approximate surface area is 231 Å². The smallest absolute Gasteiger partial charge is 0.459 e. The summed E-state index contributed by atoms with van der Waals surface area (Å²) in [5, 5.41) is 0. The summed E-state index contributed by atoms with van der Waals surface area (Å²) in [6, 6.07) is 1.00. The molecule has 1 aromatic rings. The molecule has 2 aliphatic heterocycles. The van der Waals surface area contributed by atoms with Crippen molar-refractivity contribution in [3.05, 3.63) is 33.1 Å². The molecule has 0 radical (unpaired) electrons. The zero-order valence-corrected chi connectivity index (χ0v) is 23.3. The number of hydrogen-bond acceptors (Lipinski definition) is 10. The first-order chi connectivity index (χ1) is 19.1. The molecule has 224 valence electrons. The minimum atomic E-state index is -2.81. The van der Waals surface area contributed by atoms with Gasteiger partial charge in [-0.15, -0.1) is 0 Å². The van der Waals surface area contributed by atoms with Gasteiger partial charge in [0.05, 0.1) is 5.92 Å². The van der Waals surface area contributed by atoms with Gasteiger partial charge < -0.3 is 23.7 Å². The predicted molar refractivity (Wildman–Crippen MR) is 138 cm³/mol. The van der Waals surface area contributed by atoms with Crippen molar-refractivity contribution in [3.8, 4) is 0 Å². The van der Waals surface area contributed by atoms with Crippen LogP contribution in [0.4, 0.5) is 9.18 Å². The SMILES string of the molecule is CCCCCCCCCCCC(=O)OCn1c(=O)ccn([C@@H]2O[C@](F)(COC(=O)C(C)C)[C@H]3OC(=O)O[C@@H]23)c1=O. The predicted octanol–water partition coefficient (Wildman–Crippen LogP) is 3.73. The van der Waals surface area contributed by atoms with Crippen LogP contribution in [0.25, 0.3) is 0 Å². The number of nitrogens with zero attached hydrogens (tertiary/aromatic N) is 2. The van der Waals surface area contributed by atoms with Gasteiger partial charge >= 0.3 is 23.8 Å². The summed E-state index contributed by atoms with van der Waals surface area (Å²) in [4.78, 5) is 61.3. The topological polar surface area (TPSA) is 141 Å². The number of halogens is 1. The Balaban J connectivity index is 1.59. The molecule has 0 aromatic carbocycles. The van der Waals surface area contributed by atoms with E-state index in [1.807, 2.05) is 0 Å². The third kappa shape index (κ3) is 7.92. The monoisotopic (exact) mass is 570 g/mol. The molecule has 12 nitrogen and oxygen atoms in total. The van der Waals surface area contributed by atoms with Crippen molar-refractivity contribution in [2.24, 2.45) is 5.92 Å². The van der Waals surface area contributed by atoms with Crippen LogP contribution in [0.15, 0.2) is 21.9 Å². The maximum absolute atomic E-state index is 15.7. The molecule has 40 heavy (non-hydrogen) atoms. The highest BCUT2D eigenvalue weighted by Crippen LogP contribution is 2.44. The second-order valence-corrected chi connectivity index (χ2v) is 10.4. The van der Waals surface area contributed by atoms with E-state index in [9.17, 15) is 24.0 Å². The normalized spacial score (nSPS) is 23.5. The van der Waals surface area contributed by atoms with Crippen molar-refractivity contribution in [2.75, 3.05) is 6.61 Å². The van der Waals surface area contributed by atoms with Gasteiger partial charge in [-0.05, 0) is 6.42 Å². The number of hydrogen-bond donors (Lipinski definition) is 0. The first-order valence-corrected chi connectivity index (χ1v) is 14.0. The first-order valence-electron chi connectivity index (χ1n) is 14.0. The number of unbranched alkanes of at least 4 members (excludes halogenated alkanes) is 8. The molecule has 0 amide bonds. The van der Waals surface area contributed by atoms with E-state index >= 15 is 4.39 Å². The molecular formula is C27H39FN2O10. The molecule has 2 fully saturated rings. The molecular weight excluding hydrogens is 531 g/mol. The van der Waals surface area contributed by atoms with Gasteiger partial charge in [0.25, 0.3) is 11.4 Å². The van der Waals surface area contributed by atoms with Crippen LogP contribution in [0, 0.1) is 5.92 Å². The Hall–Kier alpha value is -3.22. The third-order valence-electron chi connectivity index (χ3n) is 6.87. The minimum absolute atomic E-state index is 0.147. The Morgan fingerprint density at radius 2 is 1.65 bits per heavy atom. The molecule has 13 heteroatoms. The third-order valence-corrected chi connectivity index (χ3v) is 6.87. The molecule has 0 bridgehead atoms. The van der Waals surface area contributed by atoms with E-state index in [1.54, 1.807) is 13.8 Å². The zero-order valence-electron chi connectivity index (χ0n) is 23.3. The maximum atomic E-state index is 15.7. The van der Waals surface area contributed by atoms with E-state index in [2.05, 4.69) is 6.92 Å². The lowest BCUT2D eigenvalue weighted by Gasteiger charge is -2.24. The van der Waals surface area contributed by atoms with E-state index in [-0.39, 0.29) is 6.42 Å². The fraction of sp³-hybridized carbons (Fsp3) is 0.741. The lowest BCUT2D eigenvalue weighted by atomic mass is 10.1. The van der Waals surface area contributed by atoms with Gasteiger partial charge in [-0.25, -0.2) is 18.5 Å². The lowest BCUT2D eigenvalue weighted by Crippen LogP contribution is -2.43. The molecule has 4 atom stereocenters. The molecule has 3 rings (SSSR count). The van der Waals surface area contributed by atoms with Crippen molar-refractivity contribution < 1.29 is 42.5 Å². The molecule has 0 saturated carbocycles. The molecule has 0 aliphatic carbocycles. The summed E-state index contributed by atoms with van der Waals surface area (Å²) < 4.78 is 42.6. The van der Waals surface area contributed by atoms with Gasteiger partial charge in [0.2, 0.25) is 6.10 Å². The van der Waals surface area contributed by atoms with Crippen molar-refractivity contribution in [3.63, 3.8) is 0 Å². The maximum Gasteiger partial charge on any atom is 0.509 e. The summed E-state index contributed by atoms with van der Waals surface area (Å²) in [6.07, 6.45) is 5.17. The fourth-order valence-electron chi connectivity index (χ4n) is 4.55. The van der Waals surface area contributed by atoms with Gasteiger partial charge in [-0.3, -0.25) is 19.0 Å². The minimum Gasteiger partial charge on any atom is -0.459 e. The molecule has 2 aliphatic rings. The summed E-state index contributed by atoms with van der Waals surface area (Å²) in [6.45, 7) is 3.72. The number of alkyl halides is 1. The van der Waals surface area contributed by atoms with Gasteiger partial charge in [0, 0.05) is 18.7 Å². The number of esters is 2. The van der Waals surface area contributed by atoms with E-state index in [0.717, 1.165) is 36.1 Å². The Morgan fingerprint density at radius 3 is 2.30 bits per heavy atom. The van der Waals surface area contributed by atoms with Gasteiger partial charge in [0.1, 0.15) is 0 Å². The van der Waals surface area contributed by atoms with Gasteiger partial charge in [0.15, 0.2) is 25.7 Å². The highest BCUT2D eigenvalue weighted by Gasteiger charge is 2.65. The van der Waals surface area contributed by atoms with Crippen molar-refractivity contribution in [1.29, 1.82) is 0 Å². The molecule has 0 spiro atoms. The van der Waals surface area contributed by atoms with Crippen LogP contribution in [0.1, 0.15) is 91.2 Å². The molecule has 3 heterocycles.